The summed E-state index contributed by atoms with van der Waals surface area (Å²) in [6.45, 7) is 0.605. The highest BCUT2D eigenvalue weighted by Gasteiger charge is 2.39. The van der Waals surface area contributed by atoms with Crippen molar-refractivity contribution in [1.82, 2.24) is 14.9 Å². The van der Waals surface area contributed by atoms with E-state index in [1.165, 1.54) is 12.7 Å². The Labute approximate surface area is 116 Å². The number of aromatic nitrogens is 2. The lowest BCUT2D eigenvalue weighted by atomic mass is 9.75. The molecule has 1 aliphatic carbocycles. The first kappa shape index (κ1) is 14.0. The lowest BCUT2D eigenvalue weighted by molar-refractivity contribution is -0.384. The zero-order valence-corrected chi connectivity index (χ0v) is 11.6. The van der Waals surface area contributed by atoms with Gasteiger partial charge in [0.15, 0.2) is 0 Å². The minimum atomic E-state index is -0.562. The molecule has 0 aliphatic heterocycles. The fourth-order valence-corrected chi connectivity index (χ4v) is 2.47. The first-order chi connectivity index (χ1) is 8.96. The summed E-state index contributed by atoms with van der Waals surface area (Å²) in [5.41, 5.74) is -0.219. The van der Waals surface area contributed by atoms with E-state index in [0.29, 0.717) is 6.54 Å². The predicted molar refractivity (Wildman–Crippen MR) is 72.5 cm³/mol. The third-order valence-corrected chi connectivity index (χ3v) is 4.05. The maximum atomic E-state index is 11.0. The van der Waals surface area contributed by atoms with Crippen LogP contribution in [0, 0.1) is 10.1 Å². The summed E-state index contributed by atoms with van der Waals surface area (Å²) in [5.74, 6) is 0.179. The molecule has 0 saturated heterocycles. The molecule has 8 heteroatoms. The highest BCUT2D eigenvalue weighted by molar-refractivity contribution is 6.31. The maximum Gasteiger partial charge on any atom is 0.348 e. The fraction of sp³-hybridized carbons (Fsp3) is 0.636. The molecule has 7 nitrogen and oxygen atoms in total. The van der Waals surface area contributed by atoms with Crippen LogP contribution in [0.4, 0.5) is 11.5 Å². The molecule has 1 saturated carbocycles. The van der Waals surface area contributed by atoms with E-state index in [1.54, 1.807) is 0 Å². The quantitative estimate of drug-likeness (QED) is 0.505. The number of nitro groups is 1. The smallest absolute Gasteiger partial charge is 0.348 e. The van der Waals surface area contributed by atoms with E-state index in [4.69, 9.17) is 11.6 Å². The number of nitrogens with zero attached hydrogens (tertiary/aromatic N) is 4. The van der Waals surface area contributed by atoms with Gasteiger partial charge in [0, 0.05) is 12.1 Å². The Kier molecular flexibility index (Phi) is 3.86. The fourth-order valence-electron chi connectivity index (χ4n) is 2.26. The second-order valence-corrected chi connectivity index (χ2v) is 5.30. The Hall–Kier alpha value is -1.47. The van der Waals surface area contributed by atoms with Crippen LogP contribution < -0.4 is 5.32 Å². The molecule has 19 heavy (non-hydrogen) atoms. The zero-order chi connectivity index (χ0) is 14.0. The van der Waals surface area contributed by atoms with Crippen molar-refractivity contribution in [2.24, 2.45) is 0 Å². The van der Waals surface area contributed by atoms with Crippen molar-refractivity contribution in [3.63, 3.8) is 0 Å². The predicted octanol–water partition coefficient (Wildman–Crippen LogP) is 1.93. The van der Waals surface area contributed by atoms with Crippen LogP contribution in [0.15, 0.2) is 6.33 Å². The molecule has 1 fully saturated rings. The molecule has 0 aromatic carbocycles. The molecule has 1 aliphatic rings. The molecule has 0 atom stereocenters. The van der Waals surface area contributed by atoms with Crippen molar-refractivity contribution in [2.45, 2.75) is 24.8 Å². The number of nitrogens with one attached hydrogen (secondary N) is 1. The number of rotatable bonds is 5. The molecule has 104 valence electrons. The van der Waals surface area contributed by atoms with Crippen molar-refractivity contribution in [2.75, 3.05) is 26.0 Å². The molecule has 0 bridgehead atoms. The molecule has 2 rings (SSSR count). The number of likely N-dealkylation sites (N-methyl/N-ethyl adjacent to an activating group) is 1. The van der Waals surface area contributed by atoms with Crippen LogP contribution in [0.2, 0.25) is 5.15 Å². The SMILES string of the molecule is CN(C)C1(CNc2ncnc(Cl)c2[N+](=O)[O-])CCC1. The third kappa shape index (κ3) is 2.62. The van der Waals surface area contributed by atoms with Gasteiger partial charge in [0.25, 0.3) is 0 Å². The average molecular weight is 286 g/mol. The first-order valence-corrected chi connectivity index (χ1v) is 6.40. The van der Waals surface area contributed by atoms with E-state index in [1.807, 2.05) is 14.1 Å². The van der Waals surface area contributed by atoms with Gasteiger partial charge in [-0.25, -0.2) is 9.97 Å². The monoisotopic (exact) mass is 285 g/mol. The first-order valence-electron chi connectivity index (χ1n) is 6.02. The molecular formula is C11H16ClN5O2. The van der Waals surface area contributed by atoms with Crippen LogP contribution >= 0.6 is 11.6 Å². The number of anilines is 1. The van der Waals surface area contributed by atoms with Gasteiger partial charge >= 0.3 is 5.69 Å². The van der Waals surface area contributed by atoms with E-state index in [2.05, 4.69) is 20.2 Å². The van der Waals surface area contributed by atoms with Crippen LogP contribution in [-0.4, -0.2) is 46.0 Å². The van der Waals surface area contributed by atoms with Crippen LogP contribution in [-0.2, 0) is 0 Å². The maximum absolute atomic E-state index is 11.0. The Bertz CT molecular complexity index is 490. The molecule has 0 radical (unpaired) electrons. The molecule has 0 amide bonds. The molecule has 0 spiro atoms. The molecule has 1 heterocycles. The summed E-state index contributed by atoms with van der Waals surface area (Å²) in [7, 11) is 4.03. The zero-order valence-electron chi connectivity index (χ0n) is 10.9. The van der Waals surface area contributed by atoms with Gasteiger partial charge in [-0.3, -0.25) is 10.1 Å². The van der Waals surface area contributed by atoms with Gasteiger partial charge in [0.05, 0.1) is 4.92 Å². The van der Waals surface area contributed by atoms with E-state index in [0.717, 1.165) is 12.8 Å². The second kappa shape index (κ2) is 5.26. The Morgan fingerprint density at radius 1 is 1.53 bits per heavy atom. The topological polar surface area (TPSA) is 84.2 Å². The van der Waals surface area contributed by atoms with Crippen molar-refractivity contribution >= 4 is 23.1 Å². The summed E-state index contributed by atoms with van der Waals surface area (Å²) in [6, 6.07) is 0. The minimum absolute atomic E-state index is 0.0469. The molecule has 0 unspecified atom stereocenters. The summed E-state index contributed by atoms with van der Waals surface area (Å²) >= 11 is 5.74. The third-order valence-electron chi connectivity index (χ3n) is 3.78. The summed E-state index contributed by atoms with van der Waals surface area (Å²) in [4.78, 5) is 20.1. The van der Waals surface area contributed by atoms with Crippen LogP contribution in [0.5, 0.6) is 0 Å². The van der Waals surface area contributed by atoms with Crippen LogP contribution in [0.1, 0.15) is 19.3 Å². The van der Waals surface area contributed by atoms with Gasteiger partial charge in [-0.2, -0.15) is 0 Å². The normalized spacial score (nSPS) is 17.1. The van der Waals surface area contributed by atoms with E-state index >= 15 is 0 Å². The lowest BCUT2D eigenvalue weighted by Crippen LogP contribution is -2.54. The van der Waals surface area contributed by atoms with Gasteiger partial charge < -0.3 is 10.2 Å². The standard InChI is InChI=1S/C11H16ClN5O2/c1-16(2)11(4-3-5-11)6-13-10-8(17(18)19)9(12)14-7-15-10/h7H,3-6H2,1-2H3,(H,13,14,15). The summed E-state index contributed by atoms with van der Waals surface area (Å²) in [6.07, 6.45) is 4.53. The van der Waals surface area contributed by atoms with Gasteiger partial charge in [0.1, 0.15) is 6.33 Å². The van der Waals surface area contributed by atoms with Crippen molar-refractivity contribution in [3.05, 3.63) is 21.6 Å². The lowest BCUT2D eigenvalue weighted by Gasteiger charge is -2.47. The van der Waals surface area contributed by atoms with E-state index in [9.17, 15) is 10.1 Å². The van der Waals surface area contributed by atoms with Gasteiger partial charge in [0.2, 0.25) is 11.0 Å². The van der Waals surface area contributed by atoms with Crippen LogP contribution in [0.25, 0.3) is 0 Å². The van der Waals surface area contributed by atoms with Crippen LogP contribution in [0.3, 0.4) is 0 Å². The highest BCUT2D eigenvalue weighted by Crippen LogP contribution is 2.37. The highest BCUT2D eigenvalue weighted by atomic mass is 35.5. The largest absolute Gasteiger partial charge is 0.362 e. The summed E-state index contributed by atoms with van der Waals surface area (Å²) < 4.78 is 0. The average Bonchev–Trinajstić information content (AvgIpc) is 2.26. The minimum Gasteiger partial charge on any atom is -0.362 e. The Morgan fingerprint density at radius 3 is 2.68 bits per heavy atom. The molecule has 1 aromatic heterocycles. The van der Waals surface area contributed by atoms with Gasteiger partial charge in [-0.05, 0) is 33.4 Å². The Morgan fingerprint density at radius 2 is 2.21 bits per heavy atom. The number of halogens is 1. The molecule has 1 aromatic rings. The van der Waals surface area contributed by atoms with Crippen molar-refractivity contribution in [1.29, 1.82) is 0 Å². The van der Waals surface area contributed by atoms with Crippen molar-refractivity contribution < 1.29 is 4.92 Å². The van der Waals surface area contributed by atoms with Crippen molar-refractivity contribution in [3.8, 4) is 0 Å². The van der Waals surface area contributed by atoms with E-state index < -0.39 is 4.92 Å². The second-order valence-electron chi connectivity index (χ2n) is 4.94. The molecule has 1 N–H and O–H groups in total. The summed E-state index contributed by atoms with van der Waals surface area (Å²) in [5, 5.41) is 13.9. The number of hydrogen-bond acceptors (Lipinski definition) is 6. The molecular weight excluding hydrogens is 270 g/mol. The Balaban J connectivity index is 2.16. The van der Waals surface area contributed by atoms with Gasteiger partial charge in [-0.15, -0.1) is 0 Å². The van der Waals surface area contributed by atoms with Gasteiger partial charge in [-0.1, -0.05) is 11.6 Å². The number of hydrogen-bond donors (Lipinski definition) is 1. The van der Waals surface area contributed by atoms with E-state index in [-0.39, 0.29) is 22.2 Å².